The first-order valence-electron chi connectivity index (χ1n) is 6.75. The maximum atomic E-state index is 10.0. The minimum absolute atomic E-state index is 0. The molecule has 0 aliphatic rings. The van der Waals surface area contributed by atoms with E-state index in [9.17, 15) is 4.79 Å². The second-order valence-corrected chi connectivity index (χ2v) is 4.37. The average molecular weight is 398 g/mol. The molecule has 0 saturated heterocycles. The second kappa shape index (κ2) is 21.1. The van der Waals surface area contributed by atoms with Crippen LogP contribution < -0.4 is 0 Å². The van der Waals surface area contributed by atoms with Crippen molar-refractivity contribution in [2.24, 2.45) is 5.41 Å². The number of aliphatic hydroxyl groups is 4. The van der Waals surface area contributed by atoms with E-state index in [0.29, 0.717) is 0 Å². The van der Waals surface area contributed by atoms with Crippen LogP contribution in [0.4, 0.5) is 0 Å². The van der Waals surface area contributed by atoms with Crippen LogP contribution in [0, 0.1) is 5.41 Å². The van der Waals surface area contributed by atoms with E-state index < -0.39 is 12.1 Å². The fourth-order valence-electron chi connectivity index (χ4n) is 1.01. The van der Waals surface area contributed by atoms with Gasteiger partial charge in [0.25, 0.3) is 0 Å². The van der Waals surface area contributed by atoms with Crippen LogP contribution in [0.2, 0.25) is 0 Å². The first kappa shape index (κ1) is 30.0. The molecule has 0 aromatic rings. The summed E-state index contributed by atoms with van der Waals surface area (Å²) in [6.45, 7) is 6.20. The minimum atomic E-state index is -0.950. The van der Waals surface area contributed by atoms with Crippen molar-refractivity contribution in [3.8, 4) is 0 Å². The summed E-state index contributed by atoms with van der Waals surface area (Å²) in [5.74, 6) is -0.456. The molecule has 0 fully saturated rings. The first-order valence-corrected chi connectivity index (χ1v) is 6.75. The fraction of sp³-hybridized carbons (Fsp3) is 0.857. The first-order chi connectivity index (χ1) is 9.82. The third kappa shape index (κ3) is 20.1. The van der Waals surface area contributed by atoms with Crippen LogP contribution in [0.5, 0.6) is 0 Å². The monoisotopic (exact) mass is 398 g/mol. The molecule has 0 aromatic carbocycles. The van der Waals surface area contributed by atoms with Crippen LogP contribution in [0.15, 0.2) is 0 Å². The van der Waals surface area contributed by atoms with Gasteiger partial charge in [-0.25, -0.2) is 0 Å². The summed E-state index contributed by atoms with van der Waals surface area (Å²) in [6.07, 6.45) is 2.24. The number of carbonyl (C=O) groups excluding carboxylic acids is 2. The van der Waals surface area contributed by atoms with E-state index in [4.69, 9.17) is 25.2 Å². The maximum absolute atomic E-state index is 10.0. The SMILES string of the molecule is CC(=O)OCC(O)CO.CCC(CC)(CO)CO.C[C-]=O.[Y]. The Kier molecular flexibility index (Phi) is 28.8. The number of ether oxygens (including phenoxy) is 1. The van der Waals surface area contributed by atoms with Gasteiger partial charge in [-0.3, -0.25) is 11.1 Å². The Morgan fingerprint density at radius 3 is 1.68 bits per heavy atom. The van der Waals surface area contributed by atoms with Crippen molar-refractivity contribution in [2.45, 2.75) is 46.6 Å². The molecule has 1 unspecified atom stereocenters. The fourth-order valence-corrected chi connectivity index (χ4v) is 1.01. The zero-order valence-corrected chi connectivity index (χ0v) is 16.7. The summed E-state index contributed by atoms with van der Waals surface area (Å²) in [7, 11) is 0. The van der Waals surface area contributed by atoms with E-state index in [1.165, 1.54) is 20.1 Å². The van der Waals surface area contributed by atoms with Crippen molar-refractivity contribution in [1.29, 1.82) is 0 Å². The predicted molar refractivity (Wildman–Crippen MR) is 78.3 cm³/mol. The van der Waals surface area contributed by atoms with Crippen LogP contribution in [0.25, 0.3) is 0 Å². The molecule has 0 saturated carbocycles. The topological polar surface area (TPSA) is 124 Å². The van der Waals surface area contributed by atoms with Crippen molar-refractivity contribution in [3.05, 3.63) is 0 Å². The molecule has 131 valence electrons. The van der Waals surface area contributed by atoms with E-state index in [2.05, 4.69) is 4.74 Å². The van der Waals surface area contributed by atoms with Gasteiger partial charge >= 0.3 is 5.97 Å². The van der Waals surface area contributed by atoms with Gasteiger partial charge in [0, 0.05) is 45.0 Å². The van der Waals surface area contributed by atoms with Gasteiger partial charge in [-0.15, -0.1) is 0 Å². The minimum Gasteiger partial charge on any atom is -0.542 e. The molecule has 1 radical (unpaired) electrons. The zero-order valence-electron chi connectivity index (χ0n) is 13.9. The zero-order chi connectivity index (χ0) is 17.3. The Morgan fingerprint density at radius 1 is 1.18 bits per heavy atom. The van der Waals surface area contributed by atoms with Gasteiger partial charge in [0.1, 0.15) is 12.7 Å². The molecule has 0 amide bonds. The van der Waals surface area contributed by atoms with Crippen LogP contribution in [0.3, 0.4) is 0 Å². The smallest absolute Gasteiger partial charge is 0.302 e. The second-order valence-electron chi connectivity index (χ2n) is 4.37. The van der Waals surface area contributed by atoms with Crippen molar-refractivity contribution < 1.29 is 67.5 Å². The Bertz CT molecular complexity index is 228. The number of aliphatic hydroxyl groups excluding tert-OH is 4. The number of hydrogen-bond acceptors (Lipinski definition) is 7. The van der Waals surface area contributed by atoms with E-state index in [1.807, 2.05) is 13.8 Å². The van der Waals surface area contributed by atoms with Crippen molar-refractivity contribution in [2.75, 3.05) is 26.4 Å². The van der Waals surface area contributed by atoms with Gasteiger partial charge in [-0.2, -0.15) is 6.92 Å². The third-order valence-corrected chi connectivity index (χ3v) is 2.86. The molecule has 0 aliphatic carbocycles. The predicted octanol–water partition coefficient (Wildman–Crippen LogP) is -0.206. The molecule has 0 heterocycles. The van der Waals surface area contributed by atoms with E-state index >= 15 is 0 Å². The van der Waals surface area contributed by atoms with Crippen LogP contribution in [-0.4, -0.2) is 65.2 Å². The largest absolute Gasteiger partial charge is 0.542 e. The van der Waals surface area contributed by atoms with E-state index in [-0.39, 0.29) is 64.6 Å². The molecule has 0 bridgehead atoms. The molecule has 7 nitrogen and oxygen atoms in total. The number of hydrogen-bond donors (Lipinski definition) is 4. The Morgan fingerprint density at radius 2 is 1.55 bits per heavy atom. The molecule has 8 heteroatoms. The van der Waals surface area contributed by atoms with Gasteiger partial charge < -0.3 is 30.0 Å². The normalized spacial score (nSPS) is 10.7. The van der Waals surface area contributed by atoms with E-state index in [1.54, 1.807) is 0 Å². The van der Waals surface area contributed by atoms with Gasteiger partial charge in [0.2, 0.25) is 0 Å². The third-order valence-electron chi connectivity index (χ3n) is 2.86. The standard InChI is InChI=1S/C7H16O2.C5H10O4.C2H3O.Y/c1-3-7(4-2,5-8)6-9;1-4(7)9-3-5(8)2-6;1-2-3;/h8-9H,3-6H2,1-2H3;5-6,8H,2-3H2,1H3;1H3;/q;;-1;. The summed E-state index contributed by atoms with van der Waals surface area (Å²) < 4.78 is 4.35. The maximum Gasteiger partial charge on any atom is 0.302 e. The number of rotatable bonds is 7. The summed E-state index contributed by atoms with van der Waals surface area (Å²) >= 11 is 0. The van der Waals surface area contributed by atoms with Crippen LogP contribution in [0.1, 0.15) is 40.5 Å². The quantitative estimate of drug-likeness (QED) is 0.346. The molecule has 4 N–H and O–H groups in total. The molecular weight excluding hydrogens is 369 g/mol. The Hall–Kier alpha value is 0.0839. The van der Waals surface area contributed by atoms with E-state index in [0.717, 1.165) is 12.8 Å². The van der Waals surface area contributed by atoms with Crippen LogP contribution >= 0.6 is 0 Å². The van der Waals surface area contributed by atoms with Gasteiger partial charge in [-0.1, -0.05) is 13.8 Å². The summed E-state index contributed by atoms with van der Waals surface area (Å²) in [6, 6.07) is 0. The Balaban J connectivity index is -0.000000120. The summed E-state index contributed by atoms with van der Waals surface area (Å²) in [5.41, 5.74) is -0.222. The summed E-state index contributed by atoms with van der Waals surface area (Å²) in [4.78, 5) is 18.7. The molecule has 1 atom stereocenters. The number of esters is 1. The molecule has 22 heavy (non-hydrogen) atoms. The molecular formula is C14H29O7Y-. The molecule has 0 rings (SSSR count). The molecule has 0 aliphatic heterocycles. The molecule has 0 aromatic heterocycles. The van der Waals surface area contributed by atoms with Gasteiger partial charge in [0.15, 0.2) is 0 Å². The average Bonchev–Trinajstić information content (AvgIpc) is 2.49. The Labute approximate surface area is 157 Å². The van der Waals surface area contributed by atoms with Crippen molar-refractivity contribution >= 4 is 12.3 Å². The number of carbonyl (C=O) groups is 1. The van der Waals surface area contributed by atoms with Gasteiger partial charge in [-0.05, 0) is 12.8 Å². The van der Waals surface area contributed by atoms with Crippen LogP contribution in [-0.2, 0) is 47.0 Å². The van der Waals surface area contributed by atoms with Crippen molar-refractivity contribution in [1.82, 2.24) is 0 Å². The summed E-state index contributed by atoms with van der Waals surface area (Å²) in [5, 5.41) is 34.4. The van der Waals surface area contributed by atoms with Crippen molar-refractivity contribution in [3.63, 3.8) is 0 Å². The van der Waals surface area contributed by atoms with Gasteiger partial charge in [0.05, 0.1) is 19.8 Å². The molecule has 0 spiro atoms.